The summed E-state index contributed by atoms with van der Waals surface area (Å²) in [6, 6.07) is 24.7. The maximum absolute atomic E-state index is 5.09. The molecule has 35 heavy (non-hydrogen) atoms. The fourth-order valence-electron chi connectivity index (χ4n) is 6.49. The van der Waals surface area contributed by atoms with E-state index in [1.54, 1.807) is 5.56 Å². The molecule has 6 rings (SSSR count). The van der Waals surface area contributed by atoms with Crippen LogP contribution in [0.5, 0.6) is 0 Å². The molecule has 1 fully saturated rings. The van der Waals surface area contributed by atoms with Crippen LogP contribution in [0.3, 0.4) is 0 Å². The van der Waals surface area contributed by atoms with Crippen LogP contribution in [0.15, 0.2) is 72.9 Å². The average molecular weight is 461 g/mol. The van der Waals surface area contributed by atoms with Crippen LogP contribution in [-0.4, -0.2) is 9.38 Å². The Morgan fingerprint density at radius 3 is 2.40 bits per heavy atom. The van der Waals surface area contributed by atoms with E-state index in [1.807, 2.05) is 0 Å². The van der Waals surface area contributed by atoms with Crippen molar-refractivity contribution in [1.82, 2.24) is 9.38 Å². The molecule has 0 spiro atoms. The average Bonchev–Trinajstić information content (AvgIpc) is 3.37. The molecule has 1 aliphatic rings. The Morgan fingerprint density at radius 2 is 1.60 bits per heavy atom. The van der Waals surface area contributed by atoms with Gasteiger partial charge in [-0.1, -0.05) is 107 Å². The van der Waals surface area contributed by atoms with Crippen LogP contribution in [0.2, 0.25) is 0 Å². The Kier molecular flexibility index (Phi) is 6.06. The van der Waals surface area contributed by atoms with E-state index in [9.17, 15) is 0 Å². The molecule has 0 radical (unpaired) electrons. The number of pyridine rings is 1. The van der Waals surface area contributed by atoms with Crippen LogP contribution in [-0.2, 0) is 0 Å². The fourth-order valence-corrected chi connectivity index (χ4v) is 6.49. The lowest BCUT2D eigenvalue weighted by Crippen LogP contribution is -2.09. The number of rotatable bonds is 6. The van der Waals surface area contributed by atoms with Gasteiger partial charge in [0.2, 0.25) is 0 Å². The van der Waals surface area contributed by atoms with Crippen molar-refractivity contribution < 1.29 is 0 Å². The van der Waals surface area contributed by atoms with Crippen LogP contribution in [0.1, 0.15) is 88.2 Å². The van der Waals surface area contributed by atoms with Crippen molar-refractivity contribution >= 4 is 27.3 Å². The van der Waals surface area contributed by atoms with Crippen molar-refractivity contribution in [3.8, 4) is 11.3 Å². The second-order valence-electron chi connectivity index (χ2n) is 10.6. The lowest BCUT2D eigenvalue weighted by Gasteiger charge is -2.27. The highest BCUT2D eigenvalue weighted by Gasteiger charge is 2.25. The van der Waals surface area contributed by atoms with E-state index in [1.165, 1.54) is 89.9 Å². The molecule has 1 saturated carbocycles. The summed E-state index contributed by atoms with van der Waals surface area (Å²) in [6.45, 7) is 4.73. The summed E-state index contributed by atoms with van der Waals surface area (Å²) in [5.74, 6) is 1.18. The van der Waals surface area contributed by atoms with Gasteiger partial charge in [0.15, 0.2) is 0 Å². The van der Waals surface area contributed by atoms with Crippen molar-refractivity contribution in [3.05, 3.63) is 84.1 Å². The number of unbranched alkanes of at least 4 members (excludes halogenated alkanes) is 1. The zero-order valence-electron chi connectivity index (χ0n) is 21.1. The first-order valence-electron chi connectivity index (χ1n) is 13.7. The first kappa shape index (κ1) is 22.3. The van der Waals surface area contributed by atoms with E-state index in [4.69, 9.17) is 4.98 Å². The third-order valence-corrected chi connectivity index (χ3v) is 8.32. The molecule has 178 valence electrons. The van der Waals surface area contributed by atoms with E-state index < -0.39 is 0 Å². The Labute approximate surface area is 209 Å². The SMILES string of the molecule is CCCCC(C)c1cccc(C2CCCCC2)c1-c1cnc2c3ccccc3c3ccccc3n12. The summed E-state index contributed by atoms with van der Waals surface area (Å²) in [5, 5.41) is 3.81. The molecular weight excluding hydrogens is 424 g/mol. The Balaban J connectivity index is 1.68. The fraction of sp³-hybridized carbons (Fsp3) is 0.364. The van der Waals surface area contributed by atoms with Crippen LogP contribution in [0, 0.1) is 0 Å². The number of imidazole rings is 1. The van der Waals surface area contributed by atoms with Crippen molar-refractivity contribution in [2.24, 2.45) is 0 Å². The van der Waals surface area contributed by atoms with Crippen molar-refractivity contribution in [3.63, 3.8) is 0 Å². The highest BCUT2D eigenvalue weighted by molar-refractivity contribution is 6.12. The molecule has 0 aliphatic heterocycles. The first-order chi connectivity index (χ1) is 17.3. The third kappa shape index (κ3) is 3.84. The van der Waals surface area contributed by atoms with Crippen LogP contribution >= 0.6 is 0 Å². The standard InChI is InChI=1S/C33H36N2/c1-3-4-13-23(2)25-19-12-20-26(24-14-6-5-7-15-24)32(25)31-22-34-33-29-18-9-8-16-27(29)28-17-10-11-21-30(28)35(31)33/h8-12,16-24H,3-7,13-15H2,1-2H3. The second kappa shape index (κ2) is 9.49. The normalized spacial score (nSPS) is 15.8. The predicted octanol–water partition coefficient (Wildman–Crippen LogP) is 9.65. The molecule has 1 atom stereocenters. The summed E-state index contributed by atoms with van der Waals surface area (Å²) in [4.78, 5) is 5.09. The van der Waals surface area contributed by atoms with Gasteiger partial charge in [-0.2, -0.15) is 0 Å². The van der Waals surface area contributed by atoms with Gasteiger partial charge in [-0.15, -0.1) is 0 Å². The largest absolute Gasteiger partial charge is 0.292 e. The quantitative estimate of drug-likeness (QED) is 0.231. The zero-order valence-corrected chi connectivity index (χ0v) is 21.1. The molecule has 2 nitrogen and oxygen atoms in total. The van der Waals surface area contributed by atoms with Gasteiger partial charge in [0, 0.05) is 16.3 Å². The summed E-state index contributed by atoms with van der Waals surface area (Å²) in [5.41, 5.74) is 8.08. The van der Waals surface area contributed by atoms with Gasteiger partial charge in [0.05, 0.1) is 17.4 Å². The van der Waals surface area contributed by atoms with Crippen LogP contribution in [0.4, 0.5) is 0 Å². The molecule has 2 aromatic heterocycles. The Morgan fingerprint density at radius 1 is 0.857 bits per heavy atom. The van der Waals surface area contributed by atoms with Gasteiger partial charge < -0.3 is 0 Å². The zero-order chi connectivity index (χ0) is 23.8. The van der Waals surface area contributed by atoms with Gasteiger partial charge in [-0.05, 0) is 53.7 Å². The van der Waals surface area contributed by atoms with Gasteiger partial charge in [0.25, 0.3) is 0 Å². The predicted molar refractivity (Wildman–Crippen MR) is 149 cm³/mol. The monoisotopic (exact) mass is 460 g/mol. The minimum Gasteiger partial charge on any atom is -0.292 e. The number of fused-ring (bicyclic) bond motifs is 6. The molecule has 2 heterocycles. The van der Waals surface area contributed by atoms with Gasteiger partial charge >= 0.3 is 0 Å². The van der Waals surface area contributed by atoms with E-state index in [0.717, 1.165) is 5.65 Å². The molecule has 2 heteroatoms. The minimum atomic E-state index is 0.533. The molecule has 0 bridgehead atoms. The summed E-state index contributed by atoms with van der Waals surface area (Å²) >= 11 is 0. The number of nitrogens with zero attached hydrogens (tertiary/aromatic N) is 2. The number of para-hydroxylation sites is 1. The maximum atomic E-state index is 5.09. The van der Waals surface area contributed by atoms with E-state index >= 15 is 0 Å². The van der Waals surface area contributed by atoms with Crippen molar-refractivity contribution in [2.45, 2.75) is 77.0 Å². The third-order valence-electron chi connectivity index (χ3n) is 8.32. The molecule has 5 aromatic rings. The van der Waals surface area contributed by atoms with Gasteiger partial charge in [0.1, 0.15) is 5.65 Å². The number of aromatic nitrogens is 2. The molecule has 0 saturated heterocycles. The molecular formula is C33H36N2. The lowest BCUT2D eigenvalue weighted by molar-refractivity contribution is 0.444. The van der Waals surface area contributed by atoms with Gasteiger partial charge in [-0.25, -0.2) is 4.98 Å². The Bertz CT molecular complexity index is 1490. The molecule has 1 aliphatic carbocycles. The Hall–Kier alpha value is -3.13. The molecule has 0 N–H and O–H groups in total. The molecule has 0 amide bonds. The molecule has 1 unspecified atom stereocenters. The topological polar surface area (TPSA) is 17.3 Å². The van der Waals surface area contributed by atoms with E-state index in [0.29, 0.717) is 11.8 Å². The minimum absolute atomic E-state index is 0.533. The maximum Gasteiger partial charge on any atom is 0.145 e. The summed E-state index contributed by atoms with van der Waals surface area (Å²) in [6.07, 6.45) is 12.6. The number of hydrogen-bond acceptors (Lipinski definition) is 1. The lowest BCUT2D eigenvalue weighted by atomic mass is 9.78. The summed E-state index contributed by atoms with van der Waals surface area (Å²) < 4.78 is 2.45. The smallest absolute Gasteiger partial charge is 0.145 e. The van der Waals surface area contributed by atoms with Crippen LogP contribution < -0.4 is 0 Å². The van der Waals surface area contributed by atoms with Crippen molar-refractivity contribution in [2.75, 3.05) is 0 Å². The van der Waals surface area contributed by atoms with E-state index in [-0.39, 0.29) is 0 Å². The first-order valence-corrected chi connectivity index (χ1v) is 13.7. The summed E-state index contributed by atoms with van der Waals surface area (Å²) in [7, 11) is 0. The van der Waals surface area contributed by atoms with E-state index in [2.05, 4.69) is 91.2 Å². The van der Waals surface area contributed by atoms with Gasteiger partial charge in [-0.3, -0.25) is 4.40 Å². The number of hydrogen-bond donors (Lipinski definition) is 0. The molecule has 3 aromatic carbocycles. The van der Waals surface area contributed by atoms with Crippen LogP contribution in [0.25, 0.3) is 38.6 Å². The second-order valence-corrected chi connectivity index (χ2v) is 10.6. The number of benzene rings is 3. The highest BCUT2D eigenvalue weighted by Crippen LogP contribution is 2.43. The van der Waals surface area contributed by atoms with Crippen molar-refractivity contribution in [1.29, 1.82) is 0 Å². The highest BCUT2D eigenvalue weighted by atomic mass is 15.0.